The van der Waals surface area contributed by atoms with Gasteiger partial charge in [0, 0.05) is 0 Å². The highest BCUT2D eigenvalue weighted by Crippen LogP contribution is 2.54. The van der Waals surface area contributed by atoms with Crippen molar-refractivity contribution in [1.82, 2.24) is 4.31 Å². The van der Waals surface area contributed by atoms with Crippen LogP contribution >= 0.6 is 0 Å². The van der Waals surface area contributed by atoms with Crippen molar-refractivity contribution in [1.29, 1.82) is 0 Å². The third-order valence-corrected chi connectivity index (χ3v) is 6.20. The van der Waals surface area contributed by atoms with E-state index >= 15 is 0 Å². The van der Waals surface area contributed by atoms with Gasteiger partial charge in [0.1, 0.15) is 0 Å². The van der Waals surface area contributed by atoms with Gasteiger partial charge in [0.15, 0.2) is 0 Å². The number of fused-ring (bicyclic) bond motifs is 3. The molecule has 2 aliphatic rings. The molecule has 0 aromatic heterocycles. The molecule has 1 fully saturated rings. The Morgan fingerprint density at radius 1 is 1.05 bits per heavy atom. The molecule has 1 aliphatic carbocycles. The van der Waals surface area contributed by atoms with E-state index in [0.29, 0.717) is 4.90 Å². The van der Waals surface area contributed by atoms with Crippen molar-refractivity contribution >= 4 is 10.0 Å². The summed E-state index contributed by atoms with van der Waals surface area (Å²) in [5.74, 6) is 0. The third-order valence-electron chi connectivity index (χ3n) is 4.27. The van der Waals surface area contributed by atoms with E-state index in [1.165, 1.54) is 11.1 Å². The van der Waals surface area contributed by atoms with Gasteiger partial charge in [0.05, 0.1) is 17.0 Å². The Bertz CT molecular complexity index is 780. The zero-order valence-electron chi connectivity index (χ0n) is 11.2. The van der Waals surface area contributed by atoms with Crippen molar-refractivity contribution in [2.45, 2.75) is 30.3 Å². The molecule has 1 saturated heterocycles. The van der Waals surface area contributed by atoms with Crippen LogP contribution in [0.2, 0.25) is 0 Å². The van der Waals surface area contributed by atoms with Crippen molar-refractivity contribution < 1.29 is 8.42 Å². The molecule has 3 unspecified atom stereocenters. The standard InChI is InChI=1S/C16H15NO2S/c1-11-6-8-13(9-7-11)20(18,19)17-15-10-12-4-2-3-5-14(12)16(15)17/h2-9,15-16H,10H2,1H3. The molecule has 1 aliphatic heterocycles. The van der Waals surface area contributed by atoms with Crippen LogP contribution in [0.15, 0.2) is 53.4 Å². The molecule has 2 aromatic rings. The molecule has 0 N–H and O–H groups in total. The first kappa shape index (κ1) is 12.1. The number of sulfonamides is 1. The number of rotatable bonds is 2. The van der Waals surface area contributed by atoms with Gasteiger partial charge in [-0.1, -0.05) is 42.0 Å². The number of aryl methyl sites for hydroxylation is 1. The van der Waals surface area contributed by atoms with Gasteiger partial charge in [0.2, 0.25) is 10.0 Å². The summed E-state index contributed by atoms with van der Waals surface area (Å²) >= 11 is 0. The van der Waals surface area contributed by atoms with E-state index in [4.69, 9.17) is 0 Å². The van der Waals surface area contributed by atoms with Crippen molar-refractivity contribution in [3.8, 4) is 0 Å². The molecule has 0 radical (unpaired) electrons. The van der Waals surface area contributed by atoms with E-state index in [9.17, 15) is 8.42 Å². The first-order valence-corrected chi connectivity index (χ1v) is 8.21. The number of hydrogen-bond acceptors (Lipinski definition) is 2. The molecular formula is C16H15NO2S. The van der Waals surface area contributed by atoms with Crippen LogP contribution in [0, 0.1) is 6.92 Å². The maximum absolute atomic E-state index is 12.7. The average Bonchev–Trinajstić information content (AvgIpc) is 3.04. The number of nitrogens with zero attached hydrogens (tertiary/aromatic N) is 1. The molecule has 2 aromatic carbocycles. The van der Waals surface area contributed by atoms with Gasteiger partial charge >= 0.3 is 0 Å². The molecule has 4 rings (SSSR count). The Labute approximate surface area is 118 Å². The van der Waals surface area contributed by atoms with Crippen LogP contribution in [0.5, 0.6) is 0 Å². The number of hydrogen-bond donors (Lipinski definition) is 0. The van der Waals surface area contributed by atoms with E-state index in [1.54, 1.807) is 16.4 Å². The van der Waals surface area contributed by atoms with Crippen molar-refractivity contribution in [2.75, 3.05) is 0 Å². The summed E-state index contributed by atoms with van der Waals surface area (Å²) in [6.45, 7) is 1.96. The van der Waals surface area contributed by atoms with Crippen molar-refractivity contribution in [3.63, 3.8) is 0 Å². The Morgan fingerprint density at radius 3 is 2.50 bits per heavy atom. The summed E-state index contributed by atoms with van der Waals surface area (Å²) in [6, 6.07) is 15.4. The molecule has 3 atom stereocenters. The highest BCUT2D eigenvalue weighted by molar-refractivity contribution is 7.89. The largest absolute Gasteiger partial charge is 0.244 e. The molecule has 3 nitrogen and oxygen atoms in total. The highest BCUT2D eigenvalue weighted by Gasteiger charge is 2.59. The van der Waals surface area contributed by atoms with E-state index in [2.05, 4.69) is 6.07 Å². The molecular weight excluding hydrogens is 270 g/mol. The van der Waals surface area contributed by atoms with E-state index in [0.717, 1.165) is 12.0 Å². The lowest BCUT2D eigenvalue weighted by atomic mass is 10.1. The van der Waals surface area contributed by atoms with Gasteiger partial charge in [-0.3, -0.25) is 0 Å². The van der Waals surface area contributed by atoms with Gasteiger partial charge in [-0.05, 0) is 36.6 Å². The lowest BCUT2D eigenvalue weighted by Gasteiger charge is -2.11. The second-order valence-electron chi connectivity index (χ2n) is 5.56. The maximum Gasteiger partial charge on any atom is 0.244 e. The highest BCUT2D eigenvalue weighted by atomic mass is 32.2. The minimum atomic E-state index is -3.35. The summed E-state index contributed by atoms with van der Waals surface area (Å²) in [5, 5.41) is 0. The van der Waals surface area contributed by atoms with E-state index in [1.807, 2.05) is 37.3 Å². The lowest BCUT2D eigenvalue weighted by molar-refractivity contribution is 0.541. The van der Waals surface area contributed by atoms with Crippen LogP contribution in [0.3, 0.4) is 0 Å². The van der Waals surface area contributed by atoms with Gasteiger partial charge in [0.25, 0.3) is 0 Å². The quantitative estimate of drug-likeness (QED) is 0.796. The van der Waals surface area contributed by atoms with Gasteiger partial charge in [-0.25, -0.2) is 8.42 Å². The van der Waals surface area contributed by atoms with E-state index in [-0.39, 0.29) is 12.1 Å². The summed E-state index contributed by atoms with van der Waals surface area (Å²) in [6.07, 6.45) is 0.839. The zero-order chi connectivity index (χ0) is 13.9. The average molecular weight is 285 g/mol. The number of benzene rings is 2. The molecule has 0 bridgehead atoms. The minimum Gasteiger partial charge on any atom is -0.207 e. The van der Waals surface area contributed by atoms with Gasteiger partial charge in [-0.15, -0.1) is 0 Å². The third kappa shape index (κ3) is 1.58. The topological polar surface area (TPSA) is 37.1 Å². The Hall–Kier alpha value is -1.65. The second kappa shape index (κ2) is 3.93. The molecule has 0 saturated carbocycles. The van der Waals surface area contributed by atoms with Crippen LogP contribution in [0.4, 0.5) is 0 Å². The van der Waals surface area contributed by atoms with Crippen LogP contribution < -0.4 is 0 Å². The SMILES string of the molecule is Cc1ccc(S(=O)(=O)N2C3Cc4ccccc4C32)cc1. The summed E-state index contributed by atoms with van der Waals surface area (Å²) < 4.78 is 27.0. The maximum atomic E-state index is 12.7. The Balaban J connectivity index is 1.70. The zero-order valence-corrected chi connectivity index (χ0v) is 12.0. The molecule has 4 heteroatoms. The van der Waals surface area contributed by atoms with Crippen molar-refractivity contribution in [2.24, 2.45) is 0 Å². The smallest absolute Gasteiger partial charge is 0.207 e. The molecule has 1 heterocycles. The predicted molar refractivity (Wildman–Crippen MR) is 76.9 cm³/mol. The molecule has 20 heavy (non-hydrogen) atoms. The fourth-order valence-electron chi connectivity index (χ4n) is 3.20. The van der Waals surface area contributed by atoms with Crippen LogP contribution in [0.25, 0.3) is 0 Å². The first-order chi connectivity index (χ1) is 9.59. The first-order valence-electron chi connectivity index (χ1n) is 6.77. The lowest BCUT2D eigenvalue weighted by Crippen LogP contribution is -2.17. The fourth-order valence-corrected chi connectivity index (χ4v) is 4.97. The molecule has 0 amide bonds. The molecule has 0 spiro atoms. The van der Waals surface area contributed by atoms with Crippen LogP contribution in [-0.2, 0) is 16.4 Å². The normalized spacial score (nSPS) is 26.9. The second-order valence-corrected chi connectivity index (χ2v) is 7.41. The predicted octanol–water partition coefficient (Wildman–Crippen LogP) is 2.67. The van der Waals surface area contributed by atoms with E-state index < -0.39 is 10.0 Å². The summed E-state index contributed by atoms with van der Waals surface area (Å²) in [5.41, 5.74) is 3.53. The molecule has 102 valence electrons. The van der Waals surface area contributed by atoms with Crippen LogP contribution in [-0.4, -0.2) is 18.8 Å². The minimum absolute atomic E-state index is 0.0532. The fraction of sp³-hybridized carbons (Fsp3) is 0.250. The Morgan fingerprint density at radius 2 is 1.75 bits per heavy atom. The van der Waals surface area contributed by atoms with Gasteiger partial charge in [-0.2, -0.15) is 4.31 Å². The monoisotopic (exact) mass is 285 g/mol. The summed E-state index contributed by atoms with van der Waals surface area (Å²) in [4.78, 5) is 0.398. The van der Waals surface area contributed by atoms with Gasteiger partial charge < -0.3 is 0 Å². The summed E-state index contributed by atoms with van der Waals surface area (Å²) in [7, 11) is -3.35. The van der Waals surface area contributed by atoms with Crippen molar-refractivity contribution in [3.05, 3.63) is 65.2 Å². The Kier molecular flexibility index (Phi) is 2.38. The van der Waals surface area contributed by atoms with Crippen LogP contribution in [0.1, 0.15) is 22.7 Å².